The quantitative estimate of drug-likeness (QED) is 0.651. The average Bonchev–Trinajstić information content (AvgIpc) is 2.95. The van der Waals surface area contributed by atoms with Gasteiger partial charge in [-0.05, 0) is 44.9 Å². The molecule has 1 atom stereocenters. The number of hydrogen-bond donors (Lipinski definition) is 1. The molecule has 0 aromatic heterocycles. The van der Waals surface area contributed by atoms with Gasteiger partial charge in [0, 0.05) is 12.6 Å². The molecule has 1 aliphatic heterocycles. The van der Waals surface area contributed by atoms with Crippen molar-refractivity contribution in [2.75, 3.05) is 13.1 Å². The topological polar surface area (TPSA) is 104 Å². The van der Waals surface area contributed by atoms with Crippen LogP contribution < -0.4 is 5.32 Å². The van der Waals surface area contributed by atoms with E-state index in [0.717, 1.165) is 5.56 Å². The molecule has 0 fully saturated rings. The summed E-state index contributed by atoms with van der Waals surface area (Å²) in [5.74, 6) is -1.70. The van der Waals surface area contributed by atoms with E-state index in [2.05, 4.69) is 5.32 Å². The van der Waals surface area contributed by atoms with Gasteiger partial charge in [0.05, 0.1) is 5.56 Å². The van der Waals surface area contributed by atoms with Gasteiger partial charge in [0.1, 0.15) is 17.5 Å². The molecule has 3 rings (SSSR count). The van der Waals surface area contributed by atoms with Crippen molar-refractivity contribution in [2.45, 2.75) is 44.2 Å². The number of fused-ring (bicyclic) bond motifs is 1. The monoisotopic (exact) mass is 457 g/mol. The minimum Gasteiger partial charge on any atom is -0.352 e. The number of nitrogens with one attached hydrogen (secondary N) is 1. The molecule has 170 valence electrons. The van der Waals surface area contributed by atoms with Crippen LogP contribution in [-0.4, -0.2) is 60.5 Å². The standard InChI is InChI=1S/C23H27N3O5S/c1-16(2)24-22(28)17(3)25(14-13-18-9-5-4-6-10-18)21(27)15-26-23(29)19-11-7-8-12-20(19)32(26,30)31/h4-12,16-17H,13-15H2,1-3H3,(H,24,28)/t17-/m1/s1. The summed E-state index contributed by atoms with van der Waals surface area (Å²) in [5, 5.41) is 2.78. The second-order valence-corrected chi connectivity index (χ2v) is 9.81. The minimum atomic E-state index is -4.12. The Balaban J connectivity index is 1.83. The smallest absolute Gasteiger partial charge is 0.269 e. The summed E-state index contributed by atoms with van der Waals surface area (Å²) in [6.45, 7) is 4.76. The molecule has 2 aromatic rings. The van der Waals surface area contributed by atoms with Gasteiger partial charge in [0.2, 0.25) is 11.8 Å². The first-order chi connectivity index (χ1) is 15.1. The van der Waals surface area contributed by atoms with Gasteiger partial charge in [-0.3, -0.25) is 14.4 Å². The van der Waals surface area contributed by atoms with E-state index in [-0.39, 0.29) is 29.0 Å². The van der Waals surface area contributed by atoms with Crippen LogP contribution >= 0.6 is 0 Å². The first-order valence-electron chi connectivity index (χ1n) is 10.4. The van der Waals surface area contributed by atoms with E-state index in [0.29, 0.717) is 10.7 Å². The Bertz CT molecular complexity index is 1120. The predicted octanol–water partition coefficient (Wildman–Crippen LogP) is 1.82. The van der Waals surface area contributed by atoms with Gasteiger partial charge in [-0.1, -0.05) is 42.5 Å². The fourth-order valence-corrected chi connectivity index (χ4v) is 5.09. The van der Waals surface area contributed by atoms with Crippen molar-refractivity contribution in [3.8, 4) is 0 Å². The number of hydrogen-bond acceptors (Lipinski definition) is 5. The molecule has 3 amide bonds. The summed E-state index contributed by atoms with van der Waals surface area (Å²) < 4.78 is 26.3. The van der Waals surface area contributed by atoms with E-state index < -0.39 is 34.4 Å². The zero-order valence-electron chi connectivity index (χ0n) is 18.3. The van der Waals surface area contributed by atoms with Crippen LogP contribution in [0.1, 0.15) is 36.7 Å². The average molecular weight is 458 g/mol. The molecule has 32 heavy (non-hydrogen) atoms. The van der Waals surface area contributed by atoms with Crippen molar-refractivity contribution >= 4 is 27.7 Å². The van der Waals surface area contributed by atoms with Crippen molar-refractivity contribution in [1.29, 1.82) is 0 Å². The van der Waals surface area contributed by atoms with Crippen LogP contribution in [0.5, 0.6) is 0 Å². The van der Waals surface area contributed by atoms with Gasteiger partial charge in [-0.2, -0.15) is 0 Å². The molecule has 1 N–H and O–H groups in total. The van der Waals surface area contributed by atoms with Crippen molar-refractivity contribution in [3.63, 3.8) is 0 Å². The van der Waals surface area contributed by atoms with Crippen LogP contribution in [0, 0.1) is 0 Å². The number of amides is 3. The van der Waals surface area contributed by atoms with Gasteiger partial charge in [-0.15, -0.1) is 0 Å². The Morgan fingerprint density at radius 1 is 1.00 bits per heavy atom. The molecule has 0 aliphatic carbocycles. The lowest BCUT2D eigenvalue weighted by Gasteiger charge is -2.30. The maximum Gasteiger partial charge on any atom is 0.269 e. The lowest BCUT2D eigenvalue weighted by Crippen LogP contribution is -2.53. The molecule has 0 bridgehead atoms. The Morgan fingerprint density at radius 2 is 1.62 bits per heavy atom. The van der Waals surface area contributed by atoms with Crippen LogP contribution in [0.15, 0.2) is 59.5 Å². The SMILES string of the molecule is CC(C)NC(=O)[C@@H](C)N(CCc1ccccc1)C(=O)CN1C(=O)c2ccccc2S1(=O)=O. The molecular weight excluding hydrogens is 430 g/mol. The highest BCUT2D eigenvalue weighted by Crippen LogP contribution is 2.29. The number of carbonyl (C=O) groups excluding carboxylic acids is 3. The maximum atomic E-state index is 13.2. The Kier molecular flexibility index (Phi) is 6.98. The van der Waals surface area contributed by atoms with E-state index in [1.807, 2.05) is 44.2 Å². The molecule has 0 unspecified atom stereocenters. The van der Waals surface area contributed by atoms with Gasteiger partial charge in [-0.25, -0.2) is 12.7 Å². The number of nitrogens with zero attached hydrogens (tertiary/aromatic N) is 2. The lowest BCUT2D eigenvalue weighted by atomic mass is 10.1. The Morgan fingerprint density at radius 3 is 2.25 bits per heavy atom. The first-order valence-corrected chi connectivity index (χ1v) is 11.9. The first kappa shape index (κ1) is 23.5. The maximum absolute atomic E-state index is 13.2. The van der Waals surface area contributed by atoms with E-state index in [4.69, 9.17) is 0 Å². The third kappa shape index (κ3) is 4.83. The third-order valence-electron chi connectivity index (χ3n) is 5.27. The molecule has 1 heterocycles. The molecule has 9 heteroatoms. The third-order valence-corrected chi connectivity index (χ3v) is 7.06. The van der Waals surface area contributed by atoms with Gasteiger partial charge in [0.15, 0.2) is 0 Å². The molecule has 0 saturated carbocycles. The predicted molar refractivity (Wildman–Crippen MR) is 119 cm³/mol. The summed E-state index contributed by atoms with van der Waals surface area (Å²) in [6, 6.07) is 14.4. The van der Waals surface area contributed by atoms with Crippen LogP contribution in [0.2, 0.25) is 0 Å². The summed E-state index contributed by atoms with van der Waals surface area (Å²) in [6.07, 6.45) is 0.479. The fraction of sp³-hybridized carbons (Fsp3) is 0.348. The summed E-state index contributed by atoms with van der Waals surface area (Å²) in [7, 11) is -4.12. The second-order valence-electron chi connectivity index (χ2n) is 7.97. The van der Waals surface area contributed by atoms with Gasteiger partial charge >= 0.3 is 0 Å². The molecule has 0 radical (unpaired) electrons. The summed E-state index contributed by atoms with van der Waals surface area (Å²) in [5.41, 5.74) is 1.01. The van der Waals surface area contributed by atoms with Gasteiger partial charge in [0.25, 0.3) is 15.9 Å². The molecular formula is C23H27N3O5S. The normalized spacial score (nSPS) is 15.4. The minimum absolute atomic E-state index is 0.0433. The highest BCUT2D eigenvalue weighted by molar-refractivity contribution is 7.90. The highest BCUT2D eigenvalue weighted by atomic mass is 32.2. The highest BCUT2D eigenvalue weighted by Gasteiger charge is 2.43. The van der Waals surface area contributed by atoms with Crippen molar-refractivity contribution in [2.24, 2.45) is 0 Å². The van der Waals surface area contributed by atoms with Crippen LogP contribution in [-0.2, 0) is 26.0 Å². The zero-order valence-corrected chi connectivity index (χ0v) is 19.1. The number of carbonyl (C=O) groups is 3. The largest absolute Gasteiger partial charge is 0.352 e. The van der Waals surface area contributed by atoms with Crippen LogP contribution in [0.3, 0.4) is 0 Å². The van der Waals surface area contributed by atoms with Crippen molar-refractivity contribution in [1.82, 2.24) is 14.5 Å². The Hall–Kier alpha value is -3.20. The van der Waals surface area contributed by atoms with E-state index >= 15 is 0 Å². The summed E-state index contributed by atoms with van der Waals surface area (Å²) in [4.78, 5) is 39.8. The molecule has 8 nitrogen and oxygen atoms in total. The van der Waals surface area contributed by atoms with Crippen LogP contribution in [0.4, 0.5) is 0 Å². The number of benzene rings is 2. The van der Waals surface area contributed by atoms with Crippen molar-refractivity contribution in [3.05, 3.63) is 65.7 Å². The molecule has 1 aliphatic rings. The lowest BCUT2D eigenvalue weighted by molar-refractivity contribution is -0.140. The van der Waals surface area contributed by atoms with Crippen molar-refractivity contribution < 1.29 is 22.8 Å². The molecule has 2 aromatic carbocycles. The number of rotatable bonds is 8. The number of sulfonamides is 1. The van der Waals surface area contributed by atoms with Crippen LogP contribution in [0.25, 0.3) is 0 Å². The Labute approximate surface area is 188 Å². The van der Waals surface area contributed by atoms with Gasteiger partial charge < -0.3 is 10.2 Å². The fourth-order valence-electron chi connectivity index (χ4n) is 3.58. The second kappa shape index (κ2) is 9.52. The summed E-state index contributed by atoms with van der Waals surface area (Å²) >= 11 is 0. The van der Waals surface area contributed by atoms with E-state index in [9.17, 15) is 22.8 Å². The molecule has 0 saturated heterocycles. The zero-order chi connectivity index (χ0) is 23.5. The van der Waals surface area contributed by atoms with E-state index in [1.165, 1.54) is 23.1 Å². The van der Waals surface area contributed by atoms with E-state index in [1.54, 1.807) is 13.0 Å². The molecule has 0 spiro atoms.